The van der Waals surface area contributed by atoms with Gasteiger partial charge in [0.15, 0.2) is 0 Å². The van der Waals surface area contributed by atoms with E-state index >= 15 is 0 Å². The number of thiophene rings is 1. The SMILES string of the molecule is COc1ccc(CNc2ccccc2-c2csc3ccccc23)cc1. The van der Waals surface area contributed by atoms with Crippen LogP contribution in [0.15, 0.2) is 78.2 Å². The molecule has 1 heterocycles. The molecule has 0 aliphatic carbocycles. The predicted molar refractivity (Wildman–Crippen MR) is 108 cm³/mol. The van der Waals surface area contributed by atoms with Crippen molar-refractivity contribution in [1.82, 2.24) is 0 Å². The molecule has 0 fully saturated rings. The summed E-state index contributed by atoms with van der Waals surface area (Å²) < 4.78 is 6.54. The molecule has 0 atom stereocenters. The zero-order chi connectivity index (χ0) is 17.1. The lowest BCUT2D eigenvalue weighted by Gasteiger charge is -2.12. The predicted octanol–water partition coefficient (Wildman–Crippen LogP) is 6.19. The fourth-order valence-corrected chi connectivity index (χ4v) is 3.96. The number of para-hydroxylation sites is 1. The van der Waals surface area contributed by atoms with E-state index < -0.39 is 0 Å². The van der Waals surface area contributed by atoms with E-state index in [1.165, 1.54) is 26.8 Å². The maximum atomic E-state index is 5.22. The summed E-state index contributed by atoms with van der Waals surface area (Å²) in [4.78, 5) is 0. The van der Waals surface area contributed by atoms with Crippen molar-refractivity contribution in [2.45, 2.75) is 6.54 Å². The second-order valence-electron chi connectivity index (χ2n) is 5.89. The summed E-state index contributed by atoms with van der Waals surface area (Å²) in [5, 5.41) is 7.14. The molecule has 0 bridgehead atoms. The summed E-state index contributed by atoms with van der Waals surface area (Å²) in [6, 6.07) is 25.2. The Balaban J connectivity index is 1.62. The highest BCUT2D eigenvalue weighted by Gasteiger charge is 2.09. The Hall–Kier alpha value is -2.78. The molecule has 4 aromatic rings. The lowest BCUT2D eigenvalue weighted by molar-refractivity contribution is 0.414. The first-order valence-corrected chi connectivity index (χ1v) is 9.15. The van der Waals surface area contributed by atoms with Crippen LogP contribution in [0.5, 0.6) is 5.75 Å². The summed E-state index contributed by atoms with van der Waals surface area (Å²) in [5.74, 6) is 0.883. The second kappa shape index (κ2) is 6.99. The minimum atomic E-state index is 0.781. The molecule has 0 aliphatic rings. The van der Waals surface area contributed by atoms with Gasteiger partial charge in [-0.05, 0) is 35.2 Å². The van der Waals surface area contributed by atoms with Crippen molar-refractivity contribution in [3.05, 3.63) is 83.7 Å². The van der Waals surface area contributed by atoms with E-state index in [2.05, 4.69) is 71.4 Å². The first-order valence-electron chi connectivity index (χ1n) is 8.27. The first-order chi connectivity index (χ1) is 12.3. The Kier molecular flexibility index (Phi) is 4.40. The van der Waals surface area contributed by atoms with Gasteiger partial charge in [0.2, 0.25) is 0 Å². The molecule has 0 aliphatic heterocycles. The Bertz CT molecular complexity index is 988. The van der Waals surface area contributed by atoms with Gasteiger partial charge in [-0.25, -0.2) is 0 Å². The molecule has 124 valence electrons. The lowest BCUT2D eigenvalue weighted by Crippen LogP contribution is -2.00. The highest BCUT2D eigenvalue weighted by atomic mass is 32.1. The van der Waals surface area contributed by atoms with Crippen molar-refractivity contribution >= 4 is 27.1 Å². The molecule has 3 aromatic carbocycles. The van der Waals surface area contributed by atoms with E-state index in [9.17, 15) is 0 Å². The van der Waals surface area contributed by atoms with Crippen molar-refractivity contribution in [3.63, 3.8) is 0 Å². The van der Waals surface area contributed by atoms with Gasteiger partial charge in [0, 0.05) is 33.4 Å². The van der Waals surface area contributed by atoms with E-state index in [0.29, 0.717) is 0 Å². The van der Waals surface area contributed by atoms with E-state index in [4.69, 9.17) is 4.74 Å². The first kappa shape index (κ1) is 15.7. The topological polar surface area (TPSA) is 21.3 Å². The van der Waals surface area contributed by atoms with Crippen molar-refractivity contribution < 1.29 is 4.74 Å². The maximum absolute atomic E-state index is 5.22. The van der Waals surface area contributed by atoms with Gasteiger partial charge in [0.05, 0.1) is 7.11 Å². The zero-order valence-corrected chi connectivity index (χ0v) is 14.8. The van der Waals surface area contributed by atoms with Crippen molar-refractivity contribution in [1.29, 1.82) is 0 Å². The number of rotatable bonds is 5. The molecule has 0 saturated heterocycles. The van der Waals surface area contributed by atoms with Gasteiger partial charge < -0.3 is 10.1 Å². The fourth-order valence-electron chi connectivity index (χ4n) is 3.00. The van der Waals surface area contributed by atoms with Crippen LogP contribution in [0.3, 0.4) is 0 Å². The lowest BCUT2D eigenvalue weighted by atomic mass is 10.0. The summed E-state index contributed by atoms with van der Waals surface area (Å²) in [6.45, 7) is 0.781. The highest BCUT2D eigenvalue weighted by Crippen LogP contribution is 2.37. The number of nitrogens with one attached hydrogen (secondary N) is 1. The Morgan fingerprint density at radius 1 is 0.840 bits per heavy atom. The van der Waals surface area contributed by atoms with E-state index in [0.717, 1.165) is 18.0 Å². The van der Waals surface area contributed by atoms with E-state index in [1.54, 1.807) is 18.4 Å². The molecule has 0 spiro atoms. The minimum absolute atomic E-state index is 0.781. The van der Waals surface area contributed by atoms with Crippen LogP contribution in [-0.4, -0.2) is 7.11 Å². The number of ether oxygens (including phenoxy) is 1. The van der Waals surface area contributed by atoms with Gasteiger partial charge in [-0.15, -0.1) is 11.3 Å². The van der Waals surface area contributed by atoms with Crippen LogP contribution in [0.25, 0.3) is 21.2 Å². The van der Waals surface area contributed by atoms with Crippen molar-refractivity contribution in [3.8, 4) is 16.9 Å². The smallest absolute Gasteiger partial charge is 0.118 e. The standard InChI is InChI=1S/C22H19NOS/c1-24-17-12-10-16(11-13-17)14-23-21-8-4-2-6-18(21)20-15-25-22-9-5-3-7-19(20)22/h2-13,15,23H,14H2,1H3. The van der Waals surface area contributed by atoms with E-state index in [1.807, 2.05) is 12.1 Å². The number of hydrogen-bond donors (Lipinski definition) is 1. The van der Waals surface area contributed by atoms with Crippen LogP contribution in [0.2, 0.25) is 0 Å². The third kappa shape index (κ3) is 3.24. The summed E-state index contributed by atoms with van der Waals surface area (Å²) in [6.07, 6.45) is 0. The van der Waals surface area contributed by atoms with E-state index in [-0.39, 0.29) is 0 Å². The molecule has 2 nitrogen and oxygen atoms in total. The quantitative estimate of drug-likeness (QED) is 0.466. The second-order valence-corrected chi connectivity index (χ2v) is 6.80. The molecule has 0 unspecified atom stereocenters. The molecule has 0 saturated carbocycles. The molecule has 3 heteroatoms. The van der Waals surface area contributed by atoms with Crippen LogP contribution in [-0.2, 0) is 6.54 Å². The van der Waals surface area contributed by atoms with Crippen LogP contribution in [0.4, 0.5) is 5.69 Å². The Labute approximate surface area is 151 Å². The van der Waals surface area contributed by atoms with Crippen LogP contribution >= 0.6 is 11.3 Å². The molecule has 25 heavy (non-hydrogen) atoms. The third-order valence-electron chi connectivity index (χ3n) is 4.34. The molecular weight excluding hydrogens is 326 g/mol. The zero-order valence-electron chi connectivity index (χ0n) is 14.0. The van der Waals surface area contributed by atoms with Crippen molar-refractivity contribution in [2.24, 2.45) is 0 Å². The Morgan fingerprint density at radius 3 is 2.44 bits per heavy atom. The summed E-state index contributed by atoms with van der Waals surface area (Å²) in [5.41, 5.74) is 4.92. The van der Waals surface area contributed by atoms with Gasteiger partial charge in [0.25, 0.3) is 0 Å². The molecule has 4 rings (SSSR count). The largest absolute Gasteiger partial charge is 0.497 e. The van der Waals surface area contributed by atoms with Crippen LogP contribution < -0.4 is 10.1 Å². The van der Waals surface area contributed by atoms with Crippen LogP contribution in [0, 0.1) is 0 Å². The normalized spacial score (nSPS) is 10.8. The van der Waals surface area contributed by atoms with Gasteiger partial charge >= 0.3 is 0 Å². The van der Waals surface area contributed by atoms with Crippen LogP contribution in [0.1, 0.15) is 5.56 Å². The molecule has 0 amide bonds. The average Bonchev–Trinajstić information content (AvgIpc) is 3.11. The molecular formula is C22H19NOS. The van der Waals surface area contributed by atoms with Gasteiger partial charge in [-0.2, -0.15) is 0 Å². The minimum Gasteiger partial charge on any atom is -0.497 e. The Morgan fingerprint density at radius 2 is 1.60 bits per heavy atom. The monoisotopic (exact) mass is 345 g/mol. The van der Waals surface area contributed by atoms with Gasteiger partial charge in [0.1, 0.15) is 5.75 Å². The molecule has 0 radical (unpaired) electrons. The average molecular weight is 345 g/mol. The maximum Gasteiger partial charge on any atom is 0.118 e. The number of hydrogen-bond acceptors (Lipinski definition) is 3. The highest BCUT2D eigenvalue weighted by molar-refractivity contribution is 7.17. The third-order valence-corrected chi connectivity index (χ3v) is 5.30. The summed E-state index contributed by atoms with van der Waals surface area (Å²) >= 11 is 1.79. The number of anilines is 1. The molecule has 1 aromatic heterocycles. The molecule has 1 N–H and O–H groups in total. The van der Waals surface area contributed by atoms with Gasteiger partial charge in [-0.1, -0.05) is 48.5 Å². The summed E-state index contributed by atoms with van der Waals surface area (Å²) in [7, 11) is 1.69. The number of fused-ring (bicyclic) bond motifs is 1. The number of benzene rings is 3. The number of methoxy groups -OCH3 is 1. The van der Waals surface area contributed by atoms with Gasteiger partial charge in [-0.3, -0.25) is 0 Å². The fraction of sp³-hybridized carbons (Fsp3) is 0.0909. The van der Waals surface area contributed by atoms with Crippen molar-refractivity contribution in [2.75, 3.05) is 12.4 Å².